The van der Waals surface area contributed by atoms with Crippen molar-refractivity contribution in [3.63, 3.8) is 0 Å². The fourth-order valence-corrected chi connectivity index (χ4v) is 0.885. The SMILES string of the molecule is NCCc1ccc(C(N)=O)[nH]1. The molecule has 5 N–H and O–H groups in total. The highest BCUT2D eigenvalue weighted by atomic mass is 16.1. The zero-order valence-corrected chi connectivity index (χ0v) is 6.13. The second-order valence-electron chi connectivity index (χ2n) is 2.30. The molecule has 0 bridgehead atoms. The monoisotopic (exact) mass is 153 g/mol. The summed E-state index contributed by atoms with van der Waals surface area (Å²) in [4.78, 5) is 13.4. The molecule has 0 atom stereocenters. The summed E-state index contributed by atoms with van der Waals surface area (Å²) in [5.41, 5.74) is 11.7. The highest BCUT2D eigenvalue weighted by molar-refractivity contribution is 5.90. The summed E-state index contributed by atoms with van der Waals surface area (Å²) in [6.45, 7) is 0.568. The molecule has 0 fully saturated rings. The molecule has 0 radical (unpaired) electrons. The standard InChI is InChI=1S/C7H11N3O/c8-4-3-5-1-2-6(10-5)7(9)11/h1-2,10H,3-4,8H2,(H2,9,11). The van der Waals surface area contributed by atoms with Gasteiger partial charge in [-0.15, -0.1) is 0 Å². The normalized spacial score (nSPS) is 9.91. The fourth-order valence-electron chi connectivity index (χ4n) is 0.885. The molecule has 1 aromatic rings. The topological polar surface area (TPSA) is 84.9 Å². The van der Waals surface area contributed by atoms with E-state index in [9.17, 15) is 4.79 Å². The molecule has 1 heterocycles. The number of carbonyl (C=O) groups excluding carboxylic acids is 1. The maximum absolute atomic E-state index is 10.6. The quantitative estimate of drug-likeness (QED) is 0.552. The van der Waals surface area contributed by atoms with Crippen molar-refractivity contribution in [2.24, 2.45) is 11.5 Å². The fraction of sp³-hybridized carbons (Fsp3) is 0.286. The zero-order chi connectivity index (χ0) is 8.27. The van der Waals surface area contributed by atoms with Gasteiger partial charge in [0.1, 0.15) is 5.69 Å². The lowest BCUT2D eigenvalue weighted by atomic mass is 10.3. The molecule has 0 aliphatic rings. The third kappa shape index (κ3) is 1.81. The maximum atomic E-state index is 10.6. The molecule has 0 saturated carbocycles. The average Bonchev–Trinajstić information content (AvgIpc) is 2.37. The summed E-state index contributed by atoms with van der Waals surface area (Å²) < 4.78 is 0. The first-order valence-electron chi connectivity index (χ1n) is 3.42. The molecule has 1 amide bonds. The van der Waals surface area contributed by atoms with E-state index in [0.29, 0.717) is 12.2 Å². The molecular formula is C7H11N3O. The van der Waals surface area contributed by atoms with Gasteiger partial charge >= 0.3 is 0 Å². The summed E-state index contributed by atoms with van der Waals surface area (Å²) in [5, 5.41) is 0. The minimum Gasteiger partial charge on any atom is -0.364 e. The molecular weight excluding hydrogens is 142 g/mol. The Morgan fingerprint density at radius 1 is 1.55 bits per heavy atom. The van der Waals surface area contributed by atoms with E-state index >= 15 is 0 Å². The van der Waals surface area contributed by atoms with Crippen LogP contribution in [0.5, 0.6) is 0 Å². The van der Waals surface area contributed by atoms with Crippen molar-refractivity contribution in [3.05, 3.63) is 23.5 Å². The number of primary amides is 1. The predicted octanol–water partition coefficient (Wildman–Crippen LogP) is -0.385. The largest absolute Gasteiger partial charge is 0.364 e. The number of hydrogen-bond donors (Lipinski definition) is 3. The van der Waals surface area contributed by atoms with Gasteiger partial charge in [-0.2, -0.15) is 0 Å². The van der Waals surface area contributed by atoms with Gasteiger partial charge in [-0.05, 0) is 25.1 Å². The van der Waals surface area contributed by atoms with Crippen LogP contribution < -0.4 is 11.5 Å². The number of aromatic amines is 1. The van der Waals surface area contributed by atoms with Crippen LogP contribution in [0.25, 0.3) is 0 Å². The lowest BCUT2D eigenvalue weighted by Gasteiger charge is -1.91. The van der Waals surface area contributed by atoms with Gasteiger partial charge < -0.3 is 16.5 Å². The van der Waals surface area contributed by atoms with Crippen LogP contribution in [-0.4, -0.2) is 17.4 Å². The Kier molecular flexibility index (Phi) is 2.28. The van der Waals surface area contributed by atoms with Crippen LogP contribution in [0.2, 0.25) is 0 Å². The molecule has 0 saturated heterocycles. The van der Waals surface area contributed by atoms with Gasteiger partial charge in [0.05, 0.1) is 0 Å². The van der Waals surface area contributed by atoms with Crippen molar-refractivity contribution in [1.29, 1.82) is 0 Å². The molecule has 4 nitrogen and oxygen atoms in total. The van der Waals surface area contributed by atoms with Crippen molar-refractivity contribution < 1.29 is 4.79 Å². The summed E-state index contributed by atoms with van der Waals surface area (Å²) in [5.74, 6) is -0.437. The van der Waals surface area contributed by atoms with Crippen molar-refractivity contribution >= 4 is 5.91 Å². The first-order valence-corrected chi connectivity index (χ1v) is 3.42. The summed E-state index contributed by atoms with van der Waals surface area (Å²) in [7, 11) is 0. The van der Waals surface area contributed by atoms with Crippen LogP contribution in [0, 0.1) is 0 Å². The molecule has 1 rings (SSSR count). The lowest BCUT2D eigenvalue weighted by Crippen LogP contribution is -2.11. The van der Waals surface area contributed by atoms with Gasteiger partial charge in [-0.1, -0.05) is 0 Å². The van der Waals surface area contributed by atoms with E-state index in [1.807, 2.05) is 6.07 Å². The number of hydrogen-bond acceptors (Lipinski definition) is 2. The van der Waals surface area contributed by atoms with E-state index < -0.39 is 5.91 Å². The third-order valence-corrected chi connectivity index (χ3v) is 1.43. The molecule has 0 unspecified atom stereocenters. The molecule has 0 spiro atoms. The van der Waals surface area contributed by atoms with Crippen LogP contribution >= 0.6 is 0 Å². The van der Waals surface area contributed by atoms with Crippen LogP contribution in [-0.2, 0) is 6.42 Å². The number of aromatic nitrogens is 1. The molecule has 0 aromatic carbocycles. The highest BCUT2D eigenvalue weighted by Gasteiger charge is 2.01. The van der Waals surface area contributed by atoms with Gasteiger partial charge in [0.2, 0.25) is 0 Å². The van der Waals surface area contributed by atoms with Crippen LogP contribution in [0.1, 0.15) is 16.2 Å². The Morgan fingerprint density at radius 2 is 2.27 bits per heavy atom. The second kappa shape index (κ2) is 3.21. The second-order valence-corrected chi connectivity index (χ2v) is 2.30. The van der Waals surface area contributed by atoms with Gasteiger partial charge in [0.15, 0.2) is 0 Å². The minimum absolute atomic E-state index is 0.437. The summed E-state index contributed by atoms with van der Waals surface area (Å²) >= 11 is 0. The minimum atomic E-state index is -0.437. The number of H-pyrrole nitrogens is 1. The van der Waals surface area contributed by atoms with Crippen LogP contribution in [0.4, 0.5) is 0 Å². The van der Waals surface area contributed by atoms with E-state index in [1.165, 1.54) is 0 Å². The molecule has 11 heavy (non-hydrogen) atoms. The number of nitrogens with two attached hydrogens (primary N) is 2. The Morgan fingerprint density at radius 3 is 2.73 bits per heavy atom. The van der Waals surface area contributed by atoms with Crippen molar-refractivity contribution in [2.75, 3.05) is 6.54 Å². The van der Waals surface area contributed by atoms with E-state index in [2.05, 4.69) is 4.98 Å². The third-order valence-electron chi connectivity index (χ3n) is 1.43. The Hall–Kier alpha value is -1.29. The van der Waals surface area contributed by atoms with Gasteiger partial charge in [-0.3, -0.25) is 4.79 Å². The lowest BCUT2D eigenvalue weighted by molar-refractivity contribution is 0.0996. The average molecular weight is 153 g/mol. The Labute approximate surface area is 64.6 Å². The number of carbonyl (C=O) groups is 1. The first-order chi connectivity index (χ1) is 5.24. The smallest absolute Gasteiger partial charge is 0.265 e. The van der Waals surface area contributed by atoms with Gasteiger partial charge in [0, 0.05) is 5.69 Å². The van der Waals surface area contributed by atoms with Crippen LogP contribution in [0.15, 0.2) is 12.1 Å². The van der Waals surface area contributed by atoms with Gasteiger partial charge in [0.25, 0.3) is 5.91 Å². The van der Waals surface area contributed by atoms with E-state index in [-0.39, 0.29) is 0 Å². The highest BCUT2D eigenvalue weighted by Crippen LogP contribution is 2.00. The summed E-state index contributed by atoms with van der Waals surface area (Å²) in [6.07, 6.45) is 0.743. The van der Waals surface area contributed by atoms with Crippen molar-refractivity contribution in [1.82, 2.24) is 4.98 Å². The molecule has 0 aliphatic heterocycles. The first kappa shape index (κ1) is 7.81. The Bertz CT molecular complexity index is 254. The maximum Gasteiger partial charge on any atom is 0.265 e. The van der Waals surface area contributed by atoms with Gasteiger partial charge in [-0.25, -0.2) is 0 Å². The molecule has 4 heteroatoms. The summed E-state index contributed by atoms with van der Waals surface area (Å²) in [6, 6.07) is 3.47. The molecule has 0 aliphatic carbocycles. The van der Waals surface area contributed by atoms with E-state index in [0.717, 1.165) is 12.1 Å². The number of rotatable bonds is 3. The van der Waals surface area contributed by atoms with E-state index in [1.54, 1.807) is 6.07 Å². The molecule has 60 valence electrons. The Balaban J connectivity index is 2.73. The van der Waals surface area contributed by atoms with Crippen molar-refractivity contribution in [3.8, 4) is 0 Å². The zero-order valence-electron chi connectivity index (χ0n) is 6.13. The van der Waals surface area contributed by atoms with Crippen LogP contribution in [0.3, 0.4) is 0 Å². The van der Waals surface area contributed by atoms with Crippen molar-refractivity contribution in [2.45, 2.75) is 6.42 Å². The number of nitrogens with one attached hydrogen (secondary N) is 1. The molecule has 1 aromatic heterocycles. The number of amides is 1. The van der Waals surface area contributed by atoms with E-state index in [4.69, 9.17) is 11.5 Å². The predicted molar refractivity (Wildman–Crippen MR) is 42.1 cm³/mol.